The first-order valence-corrected chi connectivity index (χ1v) is 9.30. The lowest BCUT2D eigenvalue weighted by Crippen LogP contribution is -2.33. The summed E-state index contributed by atoms with van der Waals surface area (Å²) in [6.45, 7) is 4.03. The van der Waals surface area contributed by atoms with Gasteiger partial charge in [0.15, 0.2) is 0 Å². The third kappa shape index (κ3) is 5.14. The minimum atomic E-state index is 0.623. The molecular weight excluding hydrogens is 341 g/mol. The molecule has 0 N–H and O–H groups in total. The van der Waals surface area contributed by atoms with E-state index in [1.807, 2.05) is 42.5 Å². The molecule has 3 rings (SSSR count). The number of rotatable bonds is 6. The zero-order chi connectivity index (χ0) is 16.8. The van der Waals surface area contributed by atoms with Crippen molar-refractivity contribution in [2.24, 2.45) is 5.92 Å². The number of piperidine rings is 1. The number of nitrogens with zero attached hydrogens (tertiary/aromatic N) is 1. The molecule has 0 unspecified atom stereocenters. The number of benzene rings is 2. The molecule has 0 aromatic heterocycles. The van der Waals surface area contributed by atoms with E-state index in [1.54, 1.807) is 0 Å². The molecule has 1 heterocycles. The Morgan fingerprint density at radius 3 is 2.42 bits per heavy atom. The second kappa shape index (κ2) is 8.75. The van der Waals surface area contributed by atoms with Crippen LogP contribution in [0.2, 0.25) is 10.0 Å². The maximum Gasteiger partial charge on any atom is 0.119 e. The first kappa shape index (κ1) is 17.6. The first-order valence-electron chi connectivity index (χ1n) is 8.55. The molecule has 1 aliphatic rings. The highest BCUT2D eigenvalue weighted by Gasteiger charge is 2.19. The van der Waals surface area contributed by atoms with Crippen LogP contribution in [0, 0.1) is 5.92 Å². The van der Waals surface area contributed by atoms with Gasteiger partial charge in [0.2, 0.25) is 0 Å². The van der Waals surface area contributed by atoms with Crippen molar-refractivity contribution in [1.82, 2.24) is 4.90 Å². The summed E-state index contributed by atoms with van der Waals surface area (Å²) in [5.41, 5.74) is 1.23. The zero-order valence-corrected chi connectivity index (χ0v) is 15.3. The molecule has 0 atom stereocenters. The molecule has 0 saturated carbocycles. The number of likely N-dealkylation sites (tertiary alicyclic amines) is 1. The predicted octanol–water partition coefficient (Wildman–Crippen LogP) is 5.67. The van der Waals surface area contributed by atoms with Crippen molar-refractivity contribution in [1.29, 1.82) is 0 Å². The lowest BCUT2D eigenvalue weighted by Gasteiger charge is -2.32. The Kier molecular flexibility index (Phi) is 6.42. The first-order chi connectivity index (χ1) is 11.7. The topological polar surface area (TPSA) is 12.5 Å². The van der Waals surface area contributed by atoms with Gasteiger partial charge in [-0.05, 0) is 68.1 Å². The third-order valence-corrected chi connectivity index (χ3v) is 5.37. The Labute approximate surface area is 154 Å². The standard InChI is InChI=1S/C20H23Cl2NO/c21-19-7-6-17(14-20(19)22)15-23-11-8-16(9-12-23)10-13-24-18-4-2-1-3-5-18/h1-7,14,16H,8-13,15H2. The Morgan fingerprint density at radius 1 is 0.958 bits per heavy atom. The molecule has 0 radical (unpaired) electrons. The number of hydrogen-bond acceptors (Lipinski definition) is 2. The fourth-order valence-electron chi connectivity index (χ4n) is 3.19. The molecule has 2 aromatic carbocycles. The second-order valence-corrected chi connectivity index (χ2v) is 7.23. The fourth-order valence-corrected chi connectivity index (χ4v) is 3.51. The van der Waals surface area contributed by atoms with Crippen LogP contribution in [0.25, 0.3) is 0 Å². The van der Waals surface area contributed by atoms with E-state index in [9.17, 15) is 0 Å². The Morgan fingerprint density at radius 2 is 1.71 bits per heavy atom. The zero-order valence-electron chi connectivity index (χ0n) is 13.8. The summed E-state index contributed by atoms with van der Waals surface area (Å²) >= 11 is 12.1. The van der Waals surface area contributed by atoms with E-state index in [-0.39, 0.29) is 0 Å². The average Bonchev–Trinajstić information content (AvgIpc) is 2.61. The maximum atomic E-state index is 6.10. The third-order valence-electron chi connectivity index (χ3n) is 4.64. The van der Waals surface area contributed by atoms with Crippen LogP contribution in [0.3, 0.4) is 0 Å². The molecule has 1 aliphatic heterocycles. The Balaban J connectivity index is 1.38. The smallest absolute Gasteiger partial charge is 0.119 e. The average molecular weight is 364 g/mol. The SMILES string of the molecule is Clc1ccc(CN2CCC(CCOc3ccccc3)CC2)cc1Cl. The summed E-state index contributed by atoms with van der Waals surface area (Å²) in [6.07, 6.45) is 3.61. The quantitative estimate of drug-likeness (QED) is 0.654. The molecule has 2 nitrogen and oxygen atoms in total. The van der Waals surface area contributed by atoms with Crippen LogP contribution in [0.4, 0.5) is 0 Å². The molecule has 2 aromatic rings. The summed E-state index contributed by atoms with van der Waals surface area (Å²) < 4.78 is 5.81. The van der Waals surface area contributed by atoms with Gasteiger partial charge in [-0.15, -0.1) is 0 Å². The summed E-state index contributed by atoms with van der Waals surface area (Å²) in [7, 11) is 0. The van der Waals surface area contributed by atoms with Gasteiger partial charge >= 0.3 is 0 Å². The highest BCUT2D eigenvalue weighted by atomic mass is 35.5. The van der Waals surface area contributed by atoms with Crippen molar-refractivity contribution < 1.29 is 4.74 Å². The number of para-hydroxylation sites is 1. The van der Waals surface area contributed by atoms with Crippen LogP contribution < -0.4 is 4.74 Å². The second-order valence-electron chi connectivity index (χ2n) is 6.42. The van der Waals surface area contributed by atoms with E-state index >= 15 is 0 Å². The van der Waals surface area contributed by atoms with E-state index in [0.717, 1.165) is 44.3 Å². The van der Waals surface area contributed by atoms with E-state index in [4.69, 9.17) is 27.9 Å². The van der Waals surface area contributed by atoms with Crippen molar-refractivity contribution in [3.05, 3.63) is 64.1 Å². The lowest BCUT2D eigenvalue weighted by atomic mass is 9.93. The van der Waals surface area contributed by atoms with Gasteiger partial charge in [-0.3, -0.25) is 4.90 Å². The van der Waals surface area contributed by atoms with Gasteiger partial charge in [0.05, 0.1) is 16.7 Å². The summed E-state index contributed by atoms with van der Waals surface area (Å²) in [6, 6.07) is 16.0. The molecule has 24 heavy (non-hydrogen) atoms. The summed E-state index contributed by atoms with van der Waals surface area (Å²) in [5, 5.41) is 1.26. The van der Waals surface area contributed by atoms with Gasteiger partial charge < -0.3 is 4.74 Å². The van der Waals surface area contributed by atoms with E-state index in [2.05, 4.69) is 11.0 Å². The monoisotopic (exact) mass is 363 g/mol. The van der Waals surface area contributed by atoms with Gasteiger partial charge in [0, 0.05) is 6.54 Å². The van der Waals surface area contributed by atoms with E-state index in [1.165, 1.54) is 18.4 Å². The lowest BCUT2D eigenvalue weighted by molar-refractivity contribution is 0.157. The fraction of sp³-hybridized carbons (Fsp3) is 0.400. The van der Waals surface area contributed by atoms with E-state index < -0.39 is 0 Å². The van der Waals surface area contributed by atoms with Gasteiger partial charge in [-0.25, -0.2) is 0 Å². The molecule has 128 valence electrons. The van der Waals surface area contributed by atoms with Gasteiger partial charge in [0.25, 0.3) is 0 Å². The Bertz CT molecular complexity index is 639. The predicted molar refractivity (Wildman–Crippen MR) is 101 cm³/mol. The largest absolute Gasteiger partial charge is 0.494 e. The molecule has 1 saturated heterocycles. The van der Waals surface area contributed by atoms with Crippen LogP contribution in [-0.4, -0.2) is 24.6 Å². The van der Waals surface area contributed by atoms with Gasteiger partial charge in [-0.1, -0.05) is 47.5 Å². The van der Waals surface area contributed by atoms with Gasteiger partial charge in [-0.2, -0.15) is 0 Å². The van der Waals surface area contributed by atoms with Crippen molar-refractivity contribution in [2.75, 3.05) is 19.7 Å². The number of ether oxygens (including phenoxy) is 1. The highest BCUT2D eigenvalue weighted by molar-refractivity contribution is 6.42. The minimum absolute atomic E-state index is 0.623. The summed E-state index contributed by atoms with van der Waals surface area (Å²) in [4.78, 5) is 2.49. The molecule has 0 amide bonds. The van der Waals surface area contributed by atoms with Crippen LogP contribution in [-0.2, 0) is 6.54 Å². The molecule has 0 aliphatic carbocycles. The van der Waals surface area contributed by atoms with Crippen molar-refractivity contribution >= 4 is 23.2 Å². The van der Waals surface area contributed by atoms with Crippen LogP contribution in [0.1, 0.15) is 24.8 Å². The molecule has 0 bridgehead atoms. The number of hydrogen-bond donors (Lipinski definition) is 0. The van der Waals surface area contributed by atoms with Gasteiger partial charge in [0.1, 0.15) is 5.75 Å². The number of halogens is 2. The van der Waals surface area contributed by atoms with Crippen molar-refractivity contribution in [2.45, 2.75) is 25.8 Å². The van der Waals surface area contributed by atoms with Crippen molar-refractivity contribution in [3.8, 4) is 5.75 Å². The highest BCUT2D eigenvalue weighted by Crippen LogP contribution is 2.26. The maximum absolute atomic E-state index is 6.10. The van der Waals surface area contributed by atoms with Crippen LogP contribution >= 0.6 is 23.2 Å². The Hall–Kier alpha value is -1.22. The molecule has 1 fully saturated rings. The minimum Gasteiger partial charge on any atom is -0.494 e. The van der Waals surface area contributed by atoms with Crippen molar-refractivity contribution in [3.63, 3.8) is 0 Å². The van der Waals surface area contributed by atoms with Crippen LogP contribution in [0.15, 0.2) is 48.5 Å². The molecule has 0 spiro atoms. The molecule has 4 heteroatoms. The summed E-state index contributed by atoms with van der Waals surface area (Å²) in [5.74, 6) is 1.73. The van der Waals surface area contributed by atoms with Crippen LogP contribution in [0.5, 0.6) is 5.75 Å². The van der Waals surface area contributed by atoms with E-state index in [0.29, 0.717) is 10.0 Å². The molecular formula is C20H23Cl2NO. The normalized spacial score (nSPS) is 16.2.